The molecule has 7 nitrogen and oxygen atoms in total. The molecular formula is C19H23N3O4S. The number of methoxy groups -OCH3 is 1. The minimum absolute atomic E-state index is 0.0364. The summed E-state index contributed by atoms with van der Waals surface area (Å²) in [4.78, 5) is 23.3. The number of carbonyl (C=O) groups is 1. The summed E-state index contributed by atoms with van der Waals surface area (Å²) in [5.41, 5.74) is 0.796. The molecule has 1 heterocycles. The fourth-order valence-corrected chi connectivity index (χ4v) is 3.15. The van der Waals surface area contributed by atoms with Gasteiger partial charge in [-0.15, -0.1) is 11.3 Å². The van der Waals surface area contributed by atoms with Crippen molar-refractivity contribution in [2.24, 2.45) is 0 Å². The van der Waals surface area contributed by atoms with Crippen LogP contribution in [-0.2, 0) is 11.3 Å². The first-order valence-corrected chi connectivity index (χ1v) is 9.07. The molecular weight excluding hydrogens is 366 g/mol. The van der Waals surface area contributed by atoms with Gasteiger partial charge in [-0.05, 0) is 38.5 Å². The van der Waals surface area contributed by atoms with Gasteiger partial charge in [-0.1, -0.05) is 12.6 Å². The van der Waals surface area contributed by atoms with Crippen LogP contribution in [0.15, 0.2) is 23.0 Å². The molecule has 0 saturated carbocycles. The van der Waals surface area contributed by atoms with Crippen LogP contribution in [0.1, 0.15) is 19.4 Å². The van der Waals surface area contributed by atoms with E-state index < -0.39 is 5.91 Å². The van der Waals surface area contributed by atoms with Gasteiger partial charge in [-0.25, -0.2) is 0 Å². The third-order valence-corrected chi connectivity index (χ3v) is 4.53. The van der Waals surface area contributed by atoms with Crippen LogP contribution >= 0.6 is 11.3 Å². The molecule has 2 rings (SSSR count). The zero-order valence-corrected chi connectivity index (χ0v) is 16.6. The second-order valence-electron chi connectivity index (χ2n) is 5.40. The summed E-state index contributed by atoms with van der Waals surface area (Å²) in [5, 5.41) is 20.7. The van der Waals surface area contributed by atoms with E-state index in [4.69, 9.17) is 15.1 Å². The number of phenols is 1. The highest BCUT2D eigenvalue weighted by molar-refractivity contribution is 7.07. The number of aryl methyl sites for hydroxylation is 1. The molecule has 2 N–H and O–H groups in total. The number of rotatable bonds is 4. The highest BCUT2D eigenvalue weighted by Gasteiger charge is 2.13. The third kappa shape index (κ3) is 5.46. The van der Waals surface area contributed by atoms with Crippen LogP contribution in [0.2, 0.25) is 0 Å². The summed E-state index contributed by atoms with van der Waals surface area (Å²) >= 11 is 1.07. The van der Waals surface area contributed by atoms with Gasteiger partial charge >= 0.3 is 0 Å². The predicted molar refractivity (Wildman–Crippen MR) is 106 cm³/mol. The van der Waals surface area contributed by atoms with Crippen molar-refractivity contribution in [3.8, 4) is 17.6 Å². The van der Waals surface area contributed by atoms with Crippen molar-refractivity contribution in [1.29, 1.82) is 5.26 Å². The zero-order valence-electron chi connectivity index (χ0n) is 15.8. The fraction of sp³-hybridized carbons (Fsp3) is 0.316. The normalized spacial score (nSPS) is 10.9. The number of nitrogens with zero attached hydrogens (tertiary/aromatic N) is 2. The molecule has 27 heavy (non-hydrogen) atoms. The standard InChI is InChI=1S/C11H13N3O2S.C8H10O2/c1-4-13-9(15)8(6-12)11-14(5-2)10(16)7(3)17-11;1-6-3-4-7(9)8(5-6)10-2/h3-5H2,1-2H3,(H,13,15);3-5,9H,1-2H3/b11-8-;. The number of aromatic nitrogens is 1. The monoisotopic (exact) mass is 389 g/mol. The van der Waals surface area contributed by atoms with Gasteiger partial charge in [-0.2, -0.15) is 5.26 Å². The van der Waals surface area contributed by atoms with Crippen LogP contribution in [0.4, 0.5) is 0 Å². The molecule has 1 aromatic carbocycles. The maximum Gasteiger partial charge on any atom is 0.268 e. The number of ether oxygens (including phenoxy) is 1. The minimum Gasteiger partial charge on any atom is -0.504 e. The Bertz CT molecular complexity index is 1020. The number of thiazole rings is 1. The molecule has 0 atom stereocenters. The molecule has 0 radical (unpaired) electrons. The molecule has 0 saturated heterocycles. The average Bonchev–Trinajstić information content (AvgIpc) is 2.92. The number of carbonyl (C=O) groups excluding carboxylic acids is 1. The molecule has 1 aromatic heterocycles. The highest BCUT2D eigenvalue weighted by Crippen LogP contribution is 2.25. The smallest absolute Gasteiger partial charge is 0.268 e. The van der Waals surface area contributed by atoms with Crippen LogP contribution in [-0.4, -0.2) is 29.2 Å². The van der Waals surface area contributed by atoms with Crippen LogP contribution in [0.3, 0.4) is 0 Å². The molecule has 0 aliphatic heterocycles. The summed E-state index contributed by atoms with van der Waals surface area (Å²) in [6.45, 7) is 9.94. The largest absolute Gasteiger partial charge is 0.504 e. The summed E-state index contributed by atoms with van der Waals surface area (Å²) in [7, 11) is 1.54. The number of amides is 1. The molecule has 8 heteroatoms. The highest BCUT2D eigenvalue weighted by atomic mass is 32.1. The Kier molecular flexibility index (Phi) is 8.30. The number of benzene rings is 1. The lowest BCUT2D eigenvalue weighted by Crippen LogP contribution is -2.34. The van der Waals surface area contributed by atoms with Gasteiger partial charge in [0.05, 0.1) is 11.6 Å². The molecule has 0 aliphatic rings. The van der Waals surface area contributed by atoms with E-state index in [1.54, 1.807) is 26.0 Å². The molecule has 144 valence electrons. The summed E-state index contributed by atoms with van der Waals surface area (Å²) in [5.74, 6) is 0.256. The van der Waals surface area contributed by atoms with Crippen LogP contribution in [0.5, 0.6) is 11.5 Å². The summed E-state index contributed by atoms with van der Waals surface area (Å²) in [6.07, 6.45) is 0. The van der Waals surface area contributed by atoms with Crippen molar-refractivity contribution in [3.63, 3.8) is 0 Å². The number of nitrogens with one attached hydrogen (secondary N) is 1. The van der Waals surface area contributed by atoms with Gasteiger partial charge in [-0.3, -0.25) is 14.2 Å². The van der Waals surface area contributed by atoms with Crippen LogP contribution in [0.25, 0.3) is 12.2 Å². The average molecular weight is 389 g/mol. The first-order valence-electron chi connectivity index (χ1n) is 8.25. The molecule has 0 fully saturated rings. The van der Waals surface area contributed by atoms with E-state index in [0.717, 1.165) is 16.9 Å². The Morgan fingerprint density at radius 3 is 2.59 bits per heavy atom. The van der Waals surface area contributed by atoms with Gasteiger partial charge in [0, 0.05) is 13.1 Å². The van der Waals surface area contributed by atoms with E-state index in [0.29, 0.717) is 28.0 Å². The van der Waals surface area contributed by atoms with E-state index in [2.05, 4.69) is 11.9 Å². The second-order valence-corrected chi connectivity index (χ2v) is 6.48. The lowest BCUT2D eigenvalue weighted by Gasteiger charge is -2.02. The van der Waals surface area contributed by atoms with E-state index in [1.165, 1.54) is 11.7 Å². The first-order chi connectivity index (χ1) is 12.8. The van der Waals surface area contributed by atoms with Gasteiger partial charge in [0.2, 0.25) is 0 Å². The SMILES string of the molecule is C=c1s/c(=C(/C#N)C(=O)NCC)n(CC)c1=O.COc1cc(C)ccc1O. The quantitative estimate of drug-likeness (QED) is 0.807. The van der Waals surface area contributed by atoms with Crippen LogP contribution < -0.4 is 24.8 Å². The van der Waals surface area contributed by atoms with Gasteiger partial charge in [0.15, 0.2) is 17.1 Å². The Labute approximate surface area is 161 Å². The minimum atomic E-state index is -0.460. The fourth-order valence-electron chi connectivity index (χ4n) is 2.16. The molecule has 2 aromatic rings. The number of aromatic hydroxyl groups is 1. The predicted octanol–water partition coefficient (Wildman–Crippen LogP) is 0.860. The second kappa shape index (κ2) is 10.2. The van der Waals surface area contributed by atoms with Crippen molar-refractivity contribution in [2.75, 3.05) is 13.7 Å². The molecule has 0 spiro atoms. The molecule has 0 aliphatic carbocycles. The van der Waals surface area contributed by atoms with E-state index >= 15 is 0 Å². The van der Waals surface area contributed by atoms with Crippen molar-refractivity contribution >= 4 is 29.4 Å². The maximum absolute atomic E-state index is 11.7. The van der Waals surface area contributed by atoms with Gasteiger partial charge in [0.1, 0.15) is 10.7 Å². The van der Waals surface area contributed by atoms with E-state index in [9.17, 15) is 9.59 Å². The number of hydrogen-bond donors (Lipinski definition) is 2. The third-order valence-electron chi connectivity index (χ3n) is 3.49. The Hall–Kier alpha value is -3.05. The number of phenolic OH excluding ortho intramolecular Hbond substituents is 1. The molecule has 0 bridgehead atoms. The van der Waals surface area contributed by atoms with Crippen molar-refractivity contribution in [2.45, 2.75) is 27.3 Å². The Morgan fingerprint density at radius 2 is 2.11 bits per heavy atom. The topological polar surface area (TPSA) is 104 Å². The van der Waals surface area contributed by atoms with E-state index in [-0.39, 0.29) is 16.9 Å². The van der Waals surface area contributed by atoms with Crippen molar-refractivity contribution < 1.29 is 14.6 Å². The lowest BCUT2D eigenvalue weighted by molar-refractivity contribution is -0.115. The zero-order chi connectivity index (χ0) is 20.6. The number of nitriles is 1. The summed E-state index contributed by atoms with van der Waals surface area (Å²) < 4.78 is 6.97. The maximum atomic E-state index is 11.7. The molecule has 1 amide bonds. The summed E-state index contributed by atoms with van der Waals surface area (Å²) in [6, 6.07) is 7.08. The molecule has 0 unspecified atom stereocenters. The van der Waals surface area contributed by atoms with Crippen molar-refractivity contribution in [1.82, 2.24) is 9.88 Å². The first kappa shape index (κ1) is 22.0. The van der Waals surface area contributed by atoms with Crippen LogP contribution in [0, 0.1) is 18.3 Å². The van der Waals surface area contributed by atoms with E-state index in [1.807, 2.05) is 19.1 Å². The van der Waals surface area contributed by atoms with Gasteiger partial charge < -0.3 is 15.2 Å². The van der Waals surface area contributed by atoms with Gasteiger partial charge in [0.25, 0.3) is 11.5 Å². The van der Waals surface area contributed by atoms with Crippen molar-refractivity contribution in [3.05, 3.63) is 43.3 Å². The number of hydrogen-bond acceptors (Lipinski definition) is 6. The Balaban J connectivity index is 0.000000309. The lowest BCUT2D eigenvalue weighted by atomic mass is 10.2. The Morgan fingerprint density at radius 1 is 1.44 bits per heavy atom.